The largest absolute Gasteiger partial charge is 0.523 e. The van der Waals surface area contributed by atoms with Gasteiger partial charge in [0.05, 0.1) is 0 Å². The monoisotopic (exact) mass is 251 g/mol. The zero-order valence-corrected chi connectivity index (χ0v) is 9.32. The van der Waals surface area contributed by atoms with Crippen molar-refractivity contribution in [2.75, 3.05) is 0 Å². The Morgan fingerprint density at radius 3 is 2.17 bits per heavy atom. The molecule has 93 valence electrons. The molecule has 0 bridgehead atoms. The van der Waals surface area contributed by atoms with Crippen molar-refractivity contribution in [1.29, 1.82) is 0 Å². The van der Waals surface area contributed by atoms with Crippen molar-refractivity contribution in [1.82, 2.24) is 0 Å². The number of alkyl halides is 3. The molecule has 0 aliphatic rings. The van der Waals surface area contributed by atoms with E-state index in [0.717, 1.165) is 11.1 Å². The van der Waals surface area contributed by atoms with E-state index in [2.05, 4.69) is 4.74 Å². The molecule has 2 aromatic rings. The van der Waals surface area contributed by atoms with Gasteiger partial charge in [0, 0.05) is 0 Å². The molecule has 2 aromatic carbocycles. The number of ether oxygens (including phenoxy) is 1. The summed E-state index contributed by atoms with van der Waals surface area (Å²) in [5, 5.41) is 0. The third-order valence-electron chi connectivity index (χ3n) is 2.32. The highest BCUT2D eigenvalue weighted by Crippen LogP contribution is 2.23. The fourth-order valence-corrected chi connectivity index (χ4v) is 1.56. The number of hydrogen-bond donors (Lipinski definition) is 0. The molecule has 0 N–H and O–H groups in total. The van der Waals surface area contributed by atoms with Gasteiger partial charge in [0.15, 0.2) is 0 Å². The highest BCUT2D eigenvalue weighted by atomic mass is 19.4. The van der Waals surface area contributed by atoms with E-state index in [9.17, 15) is 13.2 Å². The summed E-state index contributed by atoms with van der Waals surface area (Å²) in [5.74, 6) is 0. The van der Waals surface area contributed by atoms with Crippen LogP contribution in [-0.2, 0) is 4.74 Å². The summed E-state index contributed by atoms with van der Waals surface area (Å²) in [6.07, 6.45) is -4.65. The molecule has 0 heterocycles. The Balaban J connectivity index is 2.16. The predicted octanol–water partition coefficient (Wildman–Crippen LogP) is 4.40. The first-order valence-electron chi connectivity index (χ1n) is 5.28. The molecule has 2 rings (SSSR count). The summed E-state index contributed by atoms with van der Waals surface area (Å²) in [4.78, 5) is 0. The molecule has 0 unspecified atom stereocenters. The van der Waals surface area contributed by atoms with Crippen molar-refractivity contribution < 1.29 is 17.9 Å². The minimum absolute atomic E-state index is 0.369. The van der Waals surface area contributed by atoms with Gasteiger partial charge in [-0.25, -0.2) is 0 Å². The van der Waals surface area contributed by atoms with Crippen molar-refractivity contribution in [2.24, 2.45) is 0 Å². The van der Waals surface area contributed by atoms with E-state index in [-0.39, 0.29) is 0 Å². The van der Waals surface area contributed by atoms with Crippen LogP contribution in [0.5, 0.6) is 0 Å². The molecule has 0 fully saturated rings. The van der Waals surface area contributed by atoms with E-state index in [1.807, 2.05) is 36.4 Å². The Bertz CT molecular complexity index is 506. The van der Waals surface area contributed by atoms with E-state index in [1.54, 1.807) is 18.2 Å². The molecule has 1 radical (unpaired) electrons. The topological polar surface area (TPSA) is 9.23 Å². The maximum absolute atomic E-state index is 11.9. The summed E-state index contributed by atoms with van der Waals surface area (Å²) in [7, 11) is 0. The molecule has 0 amide bonds. The number of hydrogen-bond acceptors (Lipinski definition) is 1. The lowest BCUT2D eigenvalue weighted by atomic mass is 10.0. The maximum Gasteiger partial charge on any atom is 0.523 e. The lowest BCUT2D eigenvalue weighted by Crippen LogP contribution is -2.11. The predicted molar refractivity (Wildman–Crippen MR) is 62.4 cm³/mol. The van der Waals surface area contributed by atoms with Crippen LogP contribution in [-0.4, -0.2) is 6.36 Å². The van der Waals surface area contributed by atoms with Crippen LogP contribution in [0.1, 0.15) is 5.56 Å². The van der Waals surface area contributed by atoms with Gasteiger partial charge in [-0.15, -0.1) is 13.2 Å². The normalized spacial score (nSPS) is 11.5. The van der Waals surface area contributed by atoms with E-state index in [0.29, 0.717) is 12.2 Å². The van der Waals surface area contributed by atoms with Crippen molar-refractivity contribution in [2.45, 2.75) is 6.36 Å². The Hall–Kier alpha value is -1.81. The second kappa shape index (κ2) is 5.23. The second-order valence-electron chi connectivity index (χ2n) is 3.67. The smallest absolute Gasteiger partial charge is 0.281 e. The summed E-state index contributed by atoms with van der Waals surface area (Å²) in [5.41, 5.74) is 2.16. The van der Waals surface area contributed by atoms with Crippen LogP contribution in [0.15, 0.2) is 54.6 Å². The lowest BCUT2D eigenvalue weighted by Gasteiger charge is -2.08. The van der Waals surface area contributed by atoms with Crippen LogP contribution in [0.25, 0.3) is 11.1 Å². The van der Waals surface area contributed by atoms with Gasteiger partial charge in [0.2, 0.25) is 0 Å². The lowest BCUT2D eigenvalue weighted by molar-refractivity contribution is -0.306. The van der Waals surface area contributed by atoms with Gasteiger partial charge in [-0.05, 0) is 22.8 Å². The molecule has 0 aliphatic carbocycles. The van der Waals surface area contributed by atoms with Crippen molar-refractivity contribution in [3.8, 4) is 11.1 Å². The Morgan fingerprint density at radius 2 is 1.50 bits per heavy atom. The first-order valence-corrected chi connectivity index (χ1v) is 5.28. The highest BCUT2D eigenvalue weighted by molar-refractivity contribution is 5.64. The molecular weight excluding hydrogens is 241 g/mol. The van der Waals surface area contributed by atoms with Crippen LogP contribution < -0.4 is 0 Å². The third kappa shape index (κ3) is 3.60. The van der Waals surface area contributed by atoms with Crippen LogP contribution in [0.2, 0.25) is 0 Å². The number of halogens is 3. The molecule has 4 heteroatoms. The molecule has 0 spiro atoms. The fraction of sp³-hybridized carbons (Fsp3) is 0.0714. The van der Waals surface area contributed by atoms with Gasteiger partial charge in [-0.3, -0.25) is 4.74 Å². The van der Waals surface area contributed by atoms with Crippen LogP contribution in [0.4, 0.5) is 13.2 Å². The average molecular weight is 251 g/mol. The molecule has 0 aromatic heterocycles. The van der Waals surface area contributed by atoms with Gasteiger partial charge in [-0.1, -0.05) is 48.5 Å². The molecule has 0 saturated carbocycles. The van der Waals surface area contributed by atoms with Crippen LogP contribution in [0.3, 0.4) is 0 Å². The summed E-state index contributed by atoms with van der Waals surface area (Å²) in [6, 6.07) is 16.1. The number of benzene rings is 2. The Labute approximate surface area is 103 Å². The molecule has 18 heavy (non-hydrogen) atoms. The minimum atomic E-state index is -4.65. The van der Waals surface area contributed by atoms with E-state index < -0.39 is 6.36 Å². The van der Waals surface area contributed by atoms with Gasteiger partial charge in [0.25, 0.3) is 0 Å². The van der Waals surface area contributed by atoms with E-state index in [1.165, 1.54) is 0 Å². The Kier molecular flexibility index (Phi) is 3.67. The molecule has 0 aliphatic heterocycles. The van der Waals surface area contributed by atoms with Crippen molar-refractivity contribution in [3.05, 3.63) is 66.8 Å². The highest BCUT2D eigenvalue weighted by Gasteiger charge is 2.29. The quantitative estimate of drug-likeness (QED) is 0.785. The summed E-state index contributed by atoms with van der Waals surface area (Å²) in [6.45, 7) is 0.701. The van der Waals surface area contributed by atoms with Gasteiger partial charge in [-0.2, -0.15) is 0 Å². The van der Waals surface area contributed by atoms with Gasteiger partial charge < -0.3 is 0 Å². The molecule has 0 atom stereocenters. The first-order chi connectivity index (χ1) is 8.54. The van der Waals surface area contributed by atoms with Crippen molar-refractivity contribution >= 4 is 0 Å². The molecule has 1 nitrogen and oxygen atoms in total. The molecule has 0 saturated heterocycles. The Morgan fingerprint density at radius 1 is 0.833 bits per heavy atom. The van der Waals surface area contributed by atoms with Crippen LogP contribution in [0, 0.1) is 6.61 Å². The summed E-state index contributed by atoms with van der Waals surface area (Å²) >= 11 is 0. The summed E-state index contributed by atoms with van der Waals surface area (Å²) < 4.78 is 39.4. The molecular formula is C14H10F3O. The second-order valence-corrected chi connectivity index (χ2v) is 3.67. The minimum Gasteiger partial charge on any atom is -0.281 e. The van der Waals surface area contributed by atoms with E-state index >= 15 is 0 Å². The average Bonchev–Trinajstić information content (AvgIpc) is 2.37. The third-order valence-corrected chi connectivity index (χ3v) is 2.32. The van der Waals surface area contributed by atoms with Gasteiger partial charge >= 0.3 is 6.36 Å². The zero-order chi connectivity index (χ0) is 13.0. The zero-order valence-electron chi connectivity index (χ0n) is 9.32. The van der Waals surface area contributed by atoms with E-state index in [4.69, 9.17) is 0 Å². The standard InChI is InChI=1S/C14H10F3O/c15-14(16,17)18-10-11-5-4-8-13(9-11)12-6-2-1-3-7-12/h1-10H. The van der Waals surface area contributed by atoms with Gasteiger partial charge in [0.1, 0.15) is 6.61 Å². The SMILES string of the molecule is FC(F)(F)O[CH]c1cccc(-c2ccccc2)c1. The number of rotatable bonds is 3. The fourth-order valence-electron chi connectivity index (χ4n) is 1.56. The maximum atomic E-state index is 11.9. The van der Waals surface area contributed by atoms with Crippen molar-refractivity contribution in [3.63, 3.8) is 0 Å². The first kappa shape index (κ1) is 12.6. The van der Waals surface area contributed by atoms with Crippen LogP contribution >= 0.6 is 0 Å².